The van der Waals surface area contributed by atoms with Crippen molar-refractivity contribution in [2.75, 3.05) is 20.1 Å². The number of aliphatic hydroxyl groups is 1. The van der Waals surface area contributed by atoms with Gasteiger partial charge in [0.25, 0.3) is 0 Å². The van der Waals surface area contributed by atoms with Crippen LogP contribution in [0.25, 0.3) is 21.9 Å². The van der Waals surface area contributed by atoms with Crippen molar-refractivity contribution in [3.63, 3.8) is 0 Å². The van der Waals surface area contributed by atoms with Gasteiger partial charge in [0, 0.05) is 42.0 Å². The molecule has 4 heterocycles. The summed E-state index contributed by atoms with van der Waals surface area (Å²) in [6.45, 7) is 16.3. The fourth-order valence-electron chi connectivity index (χ4n) is 9.35. The number of imidazole rings is 1. The van der Waals surface area contributed by atoms with E-state index >= 15 is 0 Å². The summed E-state index contributed by atoms with van der Waals surface area (Å²) in [4.78, 5) is 38.3. The van der Waals surface area contributed by atoms with Crippen LogP contribution in [0.5, 0.6) is 5.75 Å². The first-order valence-electron chi connectivity index (χ1n) is 22.5. The van der Waals surface area contributed by atoms with Crippen molar-refractivity contribution < 1.29 is 24.2 Å². The van der Waals surface area contributed by atoms with Crippen molar-refractivity contribution in [2.24, 2.45) is 0 Å². The predicted molar refractivity (Wildman–Crippen MR) is 256 cm³/mol. The summed E-state index contributed by atoms with van der Waals surface area (Å²) in [7, 11) is -0.00600. The zero-order valence-corrected chi connectivity index (χ0v) is 40.4. The Labute approximate surface area is 379 Å². The van der Waals surface area contributed by atoms with E-state index in [1.165, 1.54) is 50.9 Å². The molecule has 14 heteroatoms. The number of phenols is 1. The lowest BCUT2D eigenvalue weighted by molar-refractivity contribution is -0.169. The third-order valence-corrected chi connectivity index (χ3v) is 20.5. The lowest BCUT2D eigenvalue weighted by Crippen LogP contribution is -2.43. The van der Waals surface area contributed by atoms with E-state index in [4.69, 9.17) is 14.1 Å². The standard InChI is InChI=1S/C49H63N5O6S2Si/c1-31-14-22-43(62-31)49(58,42-13-9-26-61-42)47(57)59-34-17-15-33(16-18-34)53(5)24-10-25-54-30-51-39-27-32(35-11-8-12-38(35)46(39)54)28-50-29-41(60-63(6,7)48(2,3)4)36-19-21-40(55)45-37(36)20-23-44(56)52-45/h9,13-14,19-23,26-27,30,33-34,41,50,55,58H,8,10-12,15-18,24-25,28-29H2,1-7H3,(H,52,56)/t33-,34-,41?,49-/m0/s1. The van der Waals surface area contributed by atoms with Crippen LogP contribution in [0.2, 0.25) is 18.1 Å². The fraction of sp³-hybridized carbons (Fsp3) is 0.490. The lowest BCUT2D eigenvalue weighted by atomic mass is 9.91. The summed E-state index contributed by atoms with van der Waals surface area (Å²) in [5, 5.41) is 28.9. The molecule has 2 aliphatic carbocycles. The maximum atomic E-state index is 13.6. The van der Waals surface area contributed by atoms with Gasteiger partial charge < -0.3 is 39.1 Å². The van der Waals surface area contributed by atoms with Crippen LogP contribution in [-0.2, 0) is 45.5 Å². The number of pyridine rings is 1. The molecule has 6 aromatic rings. The third-order valence-electron chi connectivity index (χ3n) is 13.9. The molecule has 0 amide bonds. The molecule has 336 valence electrons. The lowest BCUT2D eigenvalue weighted by Gasteiger charge is -2.39. The van der Waals surface area contributed by atoms with E-state index in [0.717, 1.165) is 85.8 Å². The van der Waals surface area contributed by atoms with Crippen LogP contribution in [0.3, 0.4) is 0 Å². The van der Waals surface area contributed by atoms with E-state index in [9.17, 15) is 19.8 Å². The maximum Gasteiger partial charge on any atom is 0.349 e. The highest BCUT2D eigenvalue weighted by Gasteiger charge is 2.45. The van der Waals surface area contributed by atoms with Crippen LogP contribution < -0.4 is 10.9 Å². The molecule has 2 atom stereocenters. The largest absolute Gasteiger partial charge is 0.506 e. The number of hydrogen-bond donors (Lipinski definition) is 4. The number of thiophene rings is 2. The molecule has 63 heavy (non-hydrogen) atoms. The van der Waals surface area contributed by atoms with E-state index in [1.807, 2.05) is 42.9 Å². The molecule has 2 aromatic carbocycles. The van der Waals surface area contributed by atoms with Gasteiger partial charge in [0.2, 0.25) is 11.2 Å². The average Bonchev–Trinajstić information content (AvgIpc) is 4.09. The highest BCUT2D eigenvalue weighted by atomic mass is 32.1. The number of esters is 1. The number of aromatic nitrogens is 3. The summed E-state index contributed by atoms with van der Waals surface area (Å²) in [5.74, 6) is -0.530. The molecule has 4 N–H and O–H groups in total. The molecule has 0 bridgehead atoms. The molecular weight excluding hydrogens is 847 g/mol. The Morgan fingerprint density at radius 3 is 2.56 bits per heavy atom. The molecule has 2 aliphatic rings. The zero-order chi connectivity index (χ0) is 44.7. The average molecular weight is 910 g/mol. The fourth-order valence-corrected chi connectivity index (χ4v) is 12.5. The van der Waals surface area contributed by atoms with Gasteiger partial charge in [-0.3, -0.25) is 4.79 Å². The molecule has 8 rings (SSSR count). The van der Waals surface area contributed by atoms with Crippen LogP contribution in [0.1, 0.15) is 102 Å². The third kappa shape index (κ3) is 9.36. The van der Waals surface area contributed by atoms with E-state index < -0.39 is 19.9 Å². The van der Waals surface area contributed by atoms with Gasteiger partial charge in [-0.25, -0.2) is 9.78 Å². The second kappa shape index (κ2) is 18.4. The number of fused-ring (bicyclic) bond motifs is 4. The van der Waals surface area contributed by atoms with Crippen LogP contribution in [0, 0.1) is 6.92 Å². The van der Waals surface area contributed by atoms with Gasteiger partial charge in [-0.2, -0.15) is 0 Å². The number of aromatic amines is 1. The first kappa shape index (κ1) is 45.4. The first-order chi connectivity index (χ1) is 30.0. The summed E-state index contributed by atoms with van der Waals surface area (Å²) >= 11 is 2.80. The van der Waals surface area contributed by atoms with E-state index in [1.54, 1.807) is 18.2 Å². The van der Waals surface area contributed by atoms with Gasteiger partial charge in [-0.05, 0) is 154 Å². The number of carbonyl (C=O) groups excluding carboxylic acids is 1. The van der Waals surface area contributed by atoms with Crippen molar-refractivity contribution in [3.8, 4) is 5.75 Å². The van der Waals surface area contributed by atoms with Crippen molar-refractivity contribution in [2.45, 2.75) is 134 Å². The van der Waals surface area contributed by atoms with E-state index in [0.29, 0.717) is 34.4 Å². The summed E-state index contributed by atoms with van der Waals surface area (Å²) < 4.78 is 15.5. The predicted octanol–water partition coefficient (Wildman–Crippen LogP) is 9.47. The number of hydrogen-bond acceptors (Lipinski definition) is 11. The minimum Gasteiger partial charge on any atom is -0.506 e. The highest BCUT2D eigenvalue weighted by Crippen LogP contribution is 2.42. The number of aryl methyl sites for hydroxylation is 3. The Bertz CT molecular complexity index is 2620. The first-order valence-corrected chi connectivity index (χ1v) is 27.1. The smallest absolute Gasteiger partial charge is 0.349 e. The van der Waals surface area contributed by atoms with Crippen molar-refractivity contribution in [3.05, 3.63) is 114 Å². The number of carbonyl (C=O) groups is 1. The Morgan fingerprint density at radius 2 is 1.84 bits per heavy atom. The van der Waals surface area contributed by atoms with Gasteiger partial charge in [0.1, 0.15) is 11.9 Å². The Balaban J connectivity index is 0.885. The number of nitrogens with zero attached hydrogens (tertiary/aromatic N) is 3. The van der Waals surface area contributed by atoms with Gasteiger partial charge in [-0.1, -0.05) is 32.9 Å². The Morgan fingerprint density at radius 1 is 1.06 bits per heavy atom. The second-order valence-corrected chi connectivity index (χ2v) is 26.2. The van der Waals surface area contributed by atoms with Gasteiger partial charge >= 0.3 is 5.97 Å². The maximum absolute atomic E-state index is 13.6. The number of ether oxygens (including phenoxy) is 1. The van der Waals surface area contributed by atoms with Crippen LogP contribution in [0.4, 0.5) is 0 Å². The summed E-state index contributed by atoms with van der Waals surface area (Å²) in [6.07, 6.45) is 9.18. The van der Waals surface area contributed by atoms with Crippen LogP contribution in [0.15, 0.2) is 71.1 Å². The van der Waals surface area contributed by atoms with Gasteiger partial charge in [0.05, 0.1) is 38.7 Å². The quantitative estimate of drug-likeness (QED) is 0.0552. The molecule has 1 fully saturated rings. The van der Waals surface area contributed by atoms with Crippen molar-refractivity contribution >= 4 is 58.9 Å². The van der Waals surface area contributed by atoms with E-state index in [-0.39, 0.29) is 28.6 Å². The number of H-pyrrole nitrogens is 1. The molecular formula is C49H63N5O6S2Si. The Hall–Kier alpha value is -4.15. The zero-order valence-electron chi connectivity index (χ0n) is 37.8. The summed E-state index contributed by atoms with van der Waals surface area (Å²) in [6, 6.07) is 17.0. The normalized spacial score (nSPS) is 18.6. The summed E-state index contributed by atoms with van der Waals surface area (Å²) in [5.41, 5.74) is 5.78. The molecule has 1 unspecified atom stereocenters. The number of nitrogens with one attached hydrogen (secondary N) is 2. The second-order valence-electron chi connectivity index (χ2n) is 19.2. The Kier molecular flexibility index (Phi) is 13.3. The number of phenolic OH excluding ortho intramolecular Hbond substituents is 1. The van der Waals surface area contributed by atoms with E-state index in [2.05, 4.69) is 66.7 Å². The minimum absolute atomic E-state index is 0.00533. The van der Waals surface area contributed by atoms with Gasteiger partial charge in [-0.15, -0.1) is 22.7 Å². The number of aromatic hydroxyl groups is 1. The van der Waals surface area contributed by atoms with Gasteiger partial charge in [0.15, 0.2) is 8.32 Å². The molecule has 0 aliphatic heterocycles. The van der Waals surface area contributed by atoms with Crippen molar-refractivity contribution in [1.29, 1.82) is 0 Å². The monoisotopic (exact) mass is 909 g/mol. The van der Waals surface area contributed by atoms with Crippen molar-refractivity contribution in [1.82, 2.24) is 24.8 Å². The molecule has 4 aromatic heterocycles. The topological polar surface area (TPSA) is 142 Å². The van der Waals surface area contributed by atoms with Crippen LogP contribution >= 0.6 is 22.7 Å². The van der Waals surface area contributed by atoms with Crippen LogP contribution in [-0.4, -0.2) is 76.2 Å². The number of rotatable bonds is 16. The molecule has 0 radical (unpaired) electrons. The highest BCUT2D eigenvalue weighted by molar-refractivity contribution is 7.13. The number of benzene rings is 2. The molecule has 11 nitrogen and oxygen atoms in total. The minimum atomic E-state index is -2.22. The SMILES string of the molecule is Cc1ccc([C@](O)(C(=O)O[C@H]2CC[C@H](N(C)CCCn3cnc4cc(CNCC(O[Si](C)(C)C(C)(C)C)c5ccc(O)c6[nH]c(=O)ccc56)c5c(c43)CCC5)CC2)c2cccs2)s1. The molecule has 1 saturated carbocycles. The molecule has 0 spiro atoms. The molecule has 0 saturated heterocycles.